The van der Waals surface area contributed by atoms with E-state index in [4.69, 9.17) is 0 Å². The van der Waals surface area contributed by atoms with Gasteiger partial charge < -0.3 is 5.11 Å². The summed E-state index contributed by atoms with van der Waals surface area (Å²) in [5.41, 5.74) is 2.93. The lowest BCUT2D eigenvalue weighted by atomic mass is 9.70. The highest BCUT2D eigenvalue weighted by molar-refractivity contribution is 5.28. The molecule has 1 N–H and O–H groups in total. The van der Waals surface area contributed by atoms with Gasteiger partial charge in [-0.2, -0.15) is 0 Å². The SMILES string of the molecule is CC1(C)CCCC(c2ccc(CC3(O)CC3)cc2)C1. The van der Waals surface area contributed by atoms with Gasteiger partial charge in [-0.15, -0.1) is 0 Å². The van der Waals surface area contributed by atoms with Gasteiger partial charge in [-0.1, -0.05) is 44.5 Å². The molecule has 0 radical (unpaired) electrons. The Morgan fingerprint density at radius 1 is 1.11 bits per heavy atom. The minimum atomic E-state index is -0.367. The lowest BCUT2D eigenvalue weighted by Crippen LogP contribution is -2.21. The van der Waals surface area contributed by atoms with Crippen molar-refractivity contribution in [2.24, 2.45) is 5.41 Å². The van der Waals surface area contributed by atoms with Gasteiger partial charge in [0.1, 0.15) is 0 Å². The van der Waals surface area contributed by atoms with Gasteiger partial charge in [0.25, 0.3) is 0 Å². The Morgan fingerprint density at radius 3 is 2.37 bits per heavy atom. The summed E-state index contributed by atoms with van der Waals surface area (Å²) in [5, 5.41) is 9.97. The maximum atomic E-state index is 9.97. The molecule has 0 aliphatic heterocycles. The molecule has 0 amide bonds. The first-order valence-electron chi connectivity index (χ1n) is 7.77. The maximum absolute atomic E-state index is 9.97. The first-order valence-corrected chi connectivity index (χ1v) is 7.77. The number of aliphatic hydroxyl groups is 1. The highest BCUT2D eigenvalue weighted by Crippen LogP contribution is 2.43. The van der Waals surface area contributed by atoms with Crippen LogP contribution in [0.1, 0.15) is 69.4 Å². The van der Waals surface area contributed by atoms with E-state index in [9.17, 15) is 5.11 Å². The molecular formula is C18H26O. The molecule has 104 valence electrons. The van der Waals surface area contributed by atoms with Crippen LogP contribution in [-0.4, -0.2) is 10.7 Å². The summed E-state index contributed by atoms with van der Waals surface area (Å²) in [5.74, 6) is 0.738. The summed E-state index contributed by atoms with van der Waals surface area (Å²) < 4.78 is 0. The highest BCUT2D eigenvalue weighted by atomic mass is 16.3. The molecule has 0 spiro atoms. The second kappa shape index (κ2) is 4.63. The first-order chi connectivity index (χ1) is 8.96. The van der Waals surface area contributed by atoms with Crippen LogP contribution in [0.2, 0.25) is 0 Å². The van der Waals surface area contributed by atoms with Gasteiger partial charge in [0.2, 0.25) is 0 Å². The molecule has 19 heavy (non-hydrogen) atoms. The zero-order valence-corrected chi connectivity index (χ0v) is 12.3. The average molecular weight is 258 g/mol. The third-order valence-corrected chi connectivity index (χ3v) is 5.02. The molecule has 0 saturated heterocycles. The predicted molar refractivity (Wildman–Crippen MR) is 79.3 cm³/mol. The number of rotatable bonds is 3. The van der Waals surface area contributed by atoms with Crippen molar-refractivity contribution in [2.75, 3.05) is 0 Å². The minimum absolute atomic E-state index is 0.367. The minimum Gasteiger partial charge on any atom is -0.390 e. The largest absolute Gasteiger partial charge is 0.390 e. The maximum Gasteiger partial charge on any atom is 0.0690 e. The van der Waals surface area contributed by atoms with Crippen molar-refractivity contribution in [2.45, 2.75) is 70.3 Å². The van der Waals surface area contributed by atoms with Crippen LogP contribution in [0.15, 0.2) is 24.3 Å². The van der Waals surface area contributed by atoms with E-state index in [0.29, 0.717) is 5.41 Å². The van der Waals surface area contributed by atoms with E-state index in [-0.39, 0.29) is 5.60 Å². The van der Waals surface area contributed by atoms with E-state index in [0.717, 1.165) is 25.2 Å². The van der Waals surface area contributed by atoms with E-state index in [2.05, 4.69) is 38.1 Å². The molecule has 1 heteroatoms. The van der Waals surface area contributed by atoms with Crippen molar-refractivity contribution >= 4 is 0 Å². The second-order valence-corrected chi connectivity index (χ2v) is 7.60. The molecule has 2 saturated carbocycles. The van der Waals surface area contributed by atoms with Gasteiger partial charge in [0.05, 0.1) is 5.60 Å². The van der Waals surface area contributed by atoms with Gasteiger partial charge in [-0.3, -0.25) is 0 Å². The third kappa shape index (κ3) is 3.20. The van der Waals surface area contributed by atoms with Crippen molar-refractivity contribution in [1.82, 2.24) is 0 Å². The number of hydrogen-bond donors (Lipinski definition) is 1. The Labute approximate surface area is 117 Å². The lowest BCUT2D eigenvalue weighted by Gasteiger charge is -2.35. The van der Waals surface area contributed by atoms with Gasteiger partial charge in [-0.25, -0.2) is 0 Å². The quantitative estimate of drug-likeness (QED) is 0.850. The van der Waals surface area contributed by atoms with Crippen molar-refractivity contribution in [3.63, 3.8) is 0 Å². The van der Waals surface area contributed by atoms with Gasteiger partial charge in [0, 0.05) is 6.42 Å². The van der Waals surface area contributed by atoms with E-state index in [1.54, 1.807) is 0 Å². The van der Waals surface area contributed by atoms with Gasteiger partial charge in [-0.05, 0) is 54.6 Å². The van der Waals surface area contributed by atoms with Crippen LogP contribution >= 0.6 is 0 Å². The van der Waals surface area contributed by atoms with Crippen LogP contribution in [0.5, 0.6) is 0 Å². The highest BCUT2D eigenvalue weighted by Gasteiger charge is 2.40. The smallest absolute Gasteiger partial charge is 0.0690 e. The normalized spacial score (nSPS) is 28.1. The summed E-state index contributed by atoms with van der Waals surface area (Å²) in [4.78, 5) is 0. The number of hydrogen-bond acceptors (Lipinski definition) is 1. The van der Waals surface area contributed by atoms with Crippen LogP contribution in [0.4, 0.5) is 0 Å². The molecule has 1 nitrogen and oxygen atoms in total. The molecule has 0 heterocycles. The fraction of sp³-hybridized carbons (Fsp3) is 0.667. The monoisotopic (exact) mass is 258 g/mol. The van der Waals surface area contributed by atoms with Gasteiger partial charge >= 0.3 is 0 Å². The topological polar surface area (TPSA) is 20.2 Å². The average Bonchev–Trinajstić information content (AvgIpc) is 3.06. The Balaban J connectivity index is 1.68. The fourth-order valence-electron chi connectivity index (χ4n) is 3.59. The summed E-state index contributed by atoms with van der Waals surface area (Å²) >= 11 is 0. The van der Waals surface area contributed by atoms with Crippen molar-refractivity contribution in [1.29, 1.82) is 0 Å². The first kappa shape index (κ1) is 13.2. The molecule has 2 aliphatic rings. The molecular weight excluding hydrogens is 232 g/mol. The van der Waals surface area contributed by atoms with Gasteiger partial charge in [0.15, 0.2) is 0 Å². The van der Waals surface area contributed by atoms with Crippen LogP contribution in [-0.2, 0) is 6.42 Å². The Bertz CT molecular complexity index is 439. The Hall–Kier alpha value is -0.820. The molecule has 0 aromatic heterocycles. The fourth-order valence-corrected chi connectivity index (χ4v) is 3.59. The molecule has 1 aromatic rings. The van der Waals surface area contributed by atoms with Crippen molar-refractivity contribution in [3.05, 3.63) is 35.4 Å². The van der Waals surface area contributed by atoms with Crippen molar-refractivity contribution in [3.8, 4) is 0 Å². The third-order valence-electron chi connectivity index (χ3n) is 5.02. The van der Waals surface area contributed by atoms with Crippen LogP contribution in [0, 0.1) is 5.41 Å². The van der Waals surface area contributed by atoms with Crippen LogP contribution in [0.25, 0.3) is 0 Å². The lowest BCUT2D eigenvalue weighted by molar-refractivity contribution is 0.151. The van der Waals surface area contributed by atoms with Crippen LogP contribution < -0.4 is 0 Å². The summed E-state index contributed by atoms with van der Waals surface area (Å²) in [7, 11) is 0. The predicted octanol–water partition coefficient (Wildman–Crippen LogP) is 4.44. The molecule has 1 aromatic carbocycles. The number of benzene rings is 1. The van der Waals surface area contributed by atoms with Crippen LogP contribution in [0.3, 0.4) is 0 Å². The second-order valence-electron chi connectivity index (χ2n) is 7.60. The summed E-state index contributed by atoms with van der Waals surface area (Å²) in [6, 6.07) is 9.06. The zero-order chi connectivity index (χ0) is 13.5. The molecule has 1 atom stereocenters. The molecule has 3 rings (SSSR count). The van der Waals surface area contributed by atoms with E-state index < -0.39 is 0 Å². The van der Waals surface area contributed by atoms with Crippen molar-refractivity contribution < 1.29 is 5.11 Å². The summed E-state index contributed by atoms with van der Waals surface area (Å²) in [6.07, 6.45) is 8.18. The molecule has 0 bridgehead atoms. The summed E-state index contributed by atoms with van der Waals surface area (Å²) in [6.45, 7) is 4.80. The van der Waals surface area contributed by atoms with E-state index in [1.807, 2.05) is 0 Å². The Kier molecular flexibility index (Phi) is 3.21. The van der Waals surface area contributed by atoms with E-state index in [1.165, 1.54) is 36.8 Å². The zero-order valence-electron chi connectivity index (χ0n) is 12.3. The Morgan fingerprint density at radius 2 is 1.79 bits per heavy atom. The standard InChI is InChI=1S/C18H26O/c1-17(2)9-3-4-16(13-17)15-7-5-14(6-8-15)12-18(19)10-11-18/h5-8,16,19H,3-4,9-13H2,1-2H3. The molecule has 1 unspecified atom stereocenters. The molecule has 2 aliphatic carbocycles. The molecule has 2 fully saturated rings. The van der Waals surface area contributed by atoms with E-state index >= 15 is 0 Å².